The molecule has 1 aromatic rings. The minimum absolute atomic E-state index is 0.177. The molecule has 128 valence electrons. The second-order valence-corrected chi connectivity index (χ2v) is 6.56. The van der Waals surface area contributed by atoms with Gasteiger partial charge in [-0.05, 0) is 39.6 Å². The van der Waals surface area contributed by atoms with Crippen molar-refractivity contribution >= 4 is 18.7 Å². The van der Waals surface area contributed by atoms with Gasteiger partial charge in [-0.3, -0.25) is 4.57 Å². The molecule has 1 aromatic heterocycles. The summed E-state index contributed by atoms with van der Waals surface area (Å²) in [4.78, 5) is 16.0. The maximum absolute atomic E-state index is 12.2. The summed E-state index contributed by atoms with van der Waals surface area (Å²) < 4.78 is 18.4. The number of nitrogens with zero attached hydrogens (tertiary/aromatic N) is 2. The molecule has 2 heterocycles. The lowest BCUT2D eigenvalue weighted by Crippen LogP contribution is -2.41. The zero-order valence-electron chi connectivity index (χ0n) is 13.0. The summed E-state index contributed by atoms with van der Waals surface area (Å²) in [5, 5.41) is 9.51. The van der Waals surface area contributed by atoms with Crippen molar-refractivity contribution in [3.8, 4) is 0 Å². The van der Waals surface area contributed by atoms with E-state index in [-0.39, 0.29) is 18.0 Å². The number of hydrogen-bond acceptors (Lipinski definition) is 8. The van der Waals surface area contributed by atoms with Crippen LogP contribution in [0.15, 0.2) is 11.0 Å². The van der Waals surface area contributed by atoms with Crippen LogP contribution in [0.2, 0.25) is 0 Å². The standard InChI is InChI=1S/C14H21N3O5S/c1-7-5-17(13(19)16-11(7)15)12-10(21-14(2)3-4-14)9(22-23)8(6-18)20-12/h5,8-10,12,18,23H,3-4,6H2,1-2H3,(H2,15,16,19)/t8?,9?,10-,12+/m0/s1. The van der Waals surface area contributed by atoms with E-state index in [4.69, 9.17) is 19.4 Å². The normalized spacial score (nSPS) is 32.2. The van der Waals surface area contributed by atoms with Gasteiger partial charge < -0.3 is 24.5 Å². The van der Waals surface area contributed by atoms with Crippen LogP contribution < -0.4 is 11.4 Å². The Morgan fingerprint density at radius 2 is 2.26 bits per heavy atom. The van der Waals surface area contributed by atoms with Gasteiger partial charge in [-0.25, -0.2) is 4.79 Å². The lowest BCUT2D eigenvalue weighted by molar-refractivity contribution is -0.104. The molecule has 9 heteroatoms. The van der Waals surface area contributed by atoms with Crippen LogP contribution in [0.4, 0.5) is 5.82 Å². The third-order valence-corrected chi connectivity index (χ3v) is 4.65. The van der Waals surface area contributed by atoms with Gasteiger partial charge in [0, 0.05) is 11.8 Å². The number of thiol groups is 1. The molecule has 0 aromatic carbocycles. The summed E-state index contributed by atoms with van der Waals surface area (Å²) in [6.07, 6.45) is 0.835. The SMILES string of the molecule is Cc1cn([C@@H]2OC(CO)C(OS)[C@@H]2OC2(C)CC2)c(=O)nc1N. The van der Waals surface area contributed by atoms with E-state index in [1.54, 1.807) is 13.1 Å². The van der Waals surface area contributed by atoms with Gasteiger partial charge in [0.15, 0.2) is 6.23 Å². The molecule has 1 aliphatic carbocycles. The maximum atomic E-state index is 12.2. The number of rotatable bonds is 5. The number of aryl methyl sites for hydroxylation is 1. The predicted molar refractivity (Wildman–Crippen MR) is 85.0 cm³/mol. The molecule has 3 N–H and O–H groups in total. The molecule has 0 radical (unpaired) electrons. The Bertz CT molecular complexity index is 648. The molecular formula is C14H21N3O5S. The Balaban J connectivity index is 1.98. The van der Waals surface area contributed by atoms with Gasteiger partial charge in [0.2, 0.25) is 0 Å². The first-order valence-corrected chi connectivity index (χ1v) is 7.84. The van der Waals surface area contributed by atoms with Gasteiger partial charge in [-0.2, -0.15) is 4.98 Å². The fourth-order valence-electron chi connectivity index (χ4n) is 2.72. The van der Waals surface area contributed by atoms with E-state index in [0.717, 1.165) is 12.8 Å². The quantitative estimate of drug-likeness (QED) is 0.517. The van der Waals surface area contributed by atoms with Crippen LogP contribution in [0.1, 0.15) is 31.6 Å². The number of nitrogens with two attached hydrogens (primary N) is 1. The number of aliphatic hydroxyl groups excluding tert-OH is 1. The molecule has 1 aliphatic heterocycles. The Morgan fingerprint density at radius 1 is 1.57 bits per heavy atom. The Labute approximate surface area is 139 Å². The van der Waals surface area contributed by atoms with Crippen molar-refractivity contribution in [3.63, 3.8) is 0 Å². The van der Waals surface area contributed by atoms with Crippen LogP contribution in [0, 0.1) is 6.92 Å². The van der Waals surface area contributed by atoms with E-state index < -0.39 is 30.2 Å². The zero-order valence-corrected chi connectivity index (χ0v) is 13.9. The van der Waals surface area contributed by atoms with Gasteiger partial charge in [-0.15, -0.1) is 0 Å². The number of aromatic nitrogens is 2. The highest BCUT2D eigenvalue weighted by atomic mass is 32.1. The van der Waals surface area contributed by atoms with Crippen LogP contribution in [0.25, 0.3) is 0 Å². The van der Waals surface area contributed by atoms with Crippen molar-refractivity contribution in [2.45, 2.75) is 56.8 Å². The van der Waals surface area contributed by atoms with Gasteiger partial charge in [0.05, 0.1) is 12.2 Å². The molecule has 0 spiro atoms. The first-order chi connectivity index (χ1) is 10.9. The second-order valence-electron chi connectivity index (χ2n) is 6.35. The summed E-state index contributed by atoms with van der Waals surface area (Å²) in [6.45, 7) is 3.47. The van der Waals surface area contributed by atoms with Gasteiger partial charge in [0.1, 0.15) is 24.1 Å². The minimum atomic E-state index is -0.763. The van der Waals surface area contributed by atoms with E-state index in [0.29, 0.717) is 5.56 Å². The zero-order chi connectivity index (χ0) is 16.8. The van der Waals surface area contributed by atoms with Crippen molar-refractivity contribution in [3.05, 3.63) is 22.2 Å². The van der Waals surface area contributed by atoms with Crippen LogP contribution in [0.5, 0.6) is 0 Å². The molecule has 1 saturated heterocycles. The van der Waals surface area contributed by atoms with Crippen LogP contribution >= 0.6 is 12.9 Å². The molecule has 0 bridgehead atoms. The van der Waals surface area contributed by atoms with Crippen molar-refractivity contribution in [2.75, 3.05) is 12.3 Å². The maximum Gasteiger partial charge on any atom is 0.351 e. The van der Waals surface area contributed by atoms with Crippen LogP contribution in [-0.4, -0.2) is 45.2 Å². The first-order valence-electron chi connectivity index (χ1n) is 7.48. The highest BCUT2D eigenvalue weighted by Crippen LogP contribution is 2.45. The Kier molecular flexibility index (Phi) is 4.41. The second kappa shape index (κ2) is 6.06. The molecule has 8 nitrogen and oxygen atoms in total. The van der Waals surface area contributed by atoms with Crippen LogP contribution in [0.3, 0.4) is 0 Å². The molecule has 2 aliphatic rings. The first kappa shape index (κ1) is 16.7. The minimum Gasteiger partial charge on any atom is -0.394 e. The smallest absolute Gasteiger partial charge is 0.351 e. The molecule has 2 fully saturated rings. The van der Waals surface area contributed by atoms with Gasteiger partial charge >= 0.3 is 5.69 Å². The fourth-order valence-corrected chi connectivity index (χ4v) is 2.97. The van der Waals surface area contributed by atoms with E-state index in [9.17, 15) is 9.90 Å². The molecular weight excluding hydrogens is 322 g/mol. The van der Waals surface area contributed by atoms with E-state index in [1.807, 2.05) is 6.92 Å². The summed E-state index contributed by atoms with van der Waals surface area (Å²) in [5.74, 6) is 0.177. The summed E-state index contributed by atoms with van der Waals surface area (Å²) >= 11 is 3.88. The van der Waals surface area contributed by atoms with E-state index in [1.165, 1.54) is 4.57 Å². The lowest BCUT2D eigenvalue weighted by Gasteiger charge is -2.26. The number of anilines is 1. The van der Waals surface area contributed by atoms with Crippen molar-refractivity contribution in [1.29, 1.82) is 0 Å². The molecule has 0 amide bonds. The van der Waals surface area contributed by atoms with E-state index in [2.05, 4.69) is 17.9 Å². The largest absolute Gasteiger partial charge is 0.394 e. The third kappa shape index (κ3) is 3.11. The van der Waals surface area contributed by atoms with E-state index >= 15 is 0 Å². The number of ether oxygens (including phenoxy) is 2. The number of aliphatic hydroxyl groups is 1. The molecule has 2 unspecified atom stereocenters. The van der Waals surface area contributed by atoms with Crippen molar-refractivity contribution in [2.24, 2.45) is 0 Å². The Hall–Kier alpha value is -1.13. The van der Waals surface area contributed by atoms with Gasteiger partial charge in [0.25, 0.3) is 0 Å². The summed E-state index contributed by atoms with van der Waals surface area (Å²) in [6, 6.07) is 0. The average Bonchev–Trinajstić information content (AvgIpc) is 3.13. The molecule has 1 saturated carbocycles. The highest BCUT2D eigenvalue weighted by molar-refractivity contribution is 7.75. The summed E-state index contributed by atoms with van der Waals surface area (Å²) in [7, 11) is 0. The number of hydrogen-bond donors (Lipinski definition) is 3. The fraction of sp³-hybridized carbons (Fsp3) is 0.714. The Morgan fingerprint density at radius 3 is 2.83 bits per heavy atom. The summed E-state index contributed by atoms with van der Waals surface area (Å²) in [5.41, 5.74) is 5.52. The van der Waals surface area contributed by atoms with Gasteiger partial charge in [-0.1, -0.05) is 0 Å². The average molecular weight is 343 g/mol. The lowest BCUT2D eigenvalue weighted by atomic mass is 10.1. The van der Waals surface area contributed by atoms with Crippen LogP contribution in [-0.2, 0) is 13.7 Å². The predicted octanol–water partition coefficient (Wildman–Crippen LogP) is 0.191. The molecule has 23 heavy (non-hydrogen) atoms. The monoisotopic (exact) mass is 343 g/mol. The third-order valence-electron chi connectivity index (χ3n) is 4.41. The number of nitrogen functional groups attached to an aromatic ring is 1. The topological polar surface area (TPSA) is 109 Å². The van der Waals surface area contributed by atoms with Crippen molar-refractivity contribution < 1.29 is 18.8 Å². The van der Waals surface area contributed by atoms with Crippen molar-refractivity contribution in [1.82, 2.24) is 9.55 Å². The highest BCUT2D eigenvalue weighted by Gasteiger charge is 2.52. The molecule has 3 rings (SSSR count). The molecule has 4 atom stereocenters.